The Hall–Kier alpha value is -3.67. The number of hydrogen-bond donors (Lipinski definition) is 2. The van der Waals surface area contributed by atoms with Gasteiger partial charge in [-0.3, -0.25) is 13.8 Å². The Kier molecular flexibility index (Phi) is 8.43. The molecular formula is C28H26BrN3O5S2. The molecule has 8 nitrogen and oxygen atoms in total. The maximum atomic E-state index is 13.4. The molecule has 11 heteroatoms. The topological polar surface area (TPSA) is 113 Å². The van der Waals surface area contributed by atoms with Crippen LogP contribution in [0.15, 0.2) is 111 Å². The first-order valence-electron chi connectivity index (χ1n) is 11.8. The fraction of sp³-hybridized carbons (Fsp3) is 0.107. The molecule has 39 heavy (non-hydrogen) atoms. The smallest absolute Gasteiger partial charge is 0.264 e. The Balaban J connectivity index is 1.52. The van der Waals surface area contributed by atoms with Gasteiger partial charge in [0.05, 0.1) is 15.5 Å². The number of amides is 1. The number of sulfonamides is 2. The zero-order valence-corrected chi connectivity index (χ0v) is 24.3. The summed E-state index contributed by atoms with van der Waals surface area (Å²) in [6, 6.07) is 25.4. The highest BCUT2D eigenvalue weighted by atomic mass is 79.9. The van der Waals surface area contributed by atoms with E-state index >= 15 is 0 Å². The van der Waals surface area contributed by atoms with E-state index in [0.717, 1.165) is 15.4 Å². The first-order valence-corrected chi connectivity index (χ1v) is 15.5. The number of halogens is 1. The summed E-state index contributed by atoms with van der Waals surface area (Å²) in [5.74, 6) is -0.599. The first kappa shape index (κ1) is 28.3. The lowest BCUT2D eigenvalue weighted by atomic mass is 10.1. The Morgan fingerprint density at radius 2 is 1.41 bits per heavy atom. The van der Waals surface area contributed by atoms with Crippen LogP contribution in [-0.4, -0.2) is 29.3 Å². The summed E-state index contributed by atoms with van der Waals surface area (Å²) >= 11 is 3.35. The molecule has 0 heterocycles. The van der Waals surface area contributed by atoms with Gasteiger partial charge in [0.2, 0.25) is 5.91 Å². The van der Waals surface area contributed by atoms with Crippen molar-refractivity contribution in [3.05, 3.63) is 113 Å². The molecule has 0 aliphatic carbocycles. The van der Waals surface area contributed by atoms with E-state index < -0.39 is 32.5 Å². The minimum Gasteiger partial charge on any atom is -0.325 e. The van der Waals surface area contributed by atoms with Gasteiger partial charge < -0.3 is 5.32 Å². The van der Waals surface area contributed by atoms with Crippen LogP contribution in [0.3, 0.4) is 0 Å². The predicted octanol–water partition coefficient (Wildman–Crippen LogP) is 5.70. The highest BCUT2D eigenvalue weighted by molar-refractivity contribution is 9.10. The number of anilines is 3. The molecule has 0 aromatic heterocycles. The van der Waals surface area contributed by atoms with E-state index in [0.29, 0.717) is 21.5 Å². The van der Waals surface area contributed by atoms with Gasteiger partial charge in [0, 0.05) is 15.8 Å². The summed E-state index contributed by atoms with van der Waals surface area (Å²) in [7, 11) is -7.91. The van der Waals surface area contributed by atoms with Gasteiger partial charge >= 0.3 is 0 Å². The van der Waals surface area contributed by atoms with Crippen LogP contribution < -0.4 is 14.3 Å². The van der Waals surface area contributed by atoms with Crippen molar-refractivity contribution in [3.63, 3.8) is 0 Å². The van der Waals surface area contributed by atoms with Gasteiger partial charge in [-0.1, -0.05) is 46.3 Å². The average Bonchev–Trinajstić information content (AvgIpc) is 2.90. The zero-order chi connectivity index (χ0) is 28.2. The average molecular weight is 629 g/mol. The third-order valence-corrected chi connectivity index (χ3v) is 9.60. The third-order valence-electron chi connectivity index (χ3n) is 5.92. The second-order valence-corrected chi connectivity index (χ2v) is 13.2. The van der Waals surface area contributed by atoms with Crippen molar-refractivity contribution in [1.29, 1.82) is 0 Å². The highest BCUT2D eigenvalue weighted by Gasteiger charge is 2.27. The van der Waals surface area contributed by atoms with E-state index in [1.165, 1.54) is 36.4 Å². The van der Waals surface area contributed by atoms with Crippen molar-refractivity contribution in [2.75, 3.05) is 20.9 Å². The predicted molar refractivity (Wildman–Crippen MR) is 157 cm³/mol. The van der Waals surface area contributed by atoms with Gasteiger partial charge in [-0.15, -0.1) is 0 Å². The van der Waals surface area contributed by atoms with E-state index in [-0.39, 0.29) is 9.79 Å². The van der Waals surface area contributed by atoms with Gasteiger partial charge in [-0.05, 0) is 91.7 Å². The third kappa shape index (κ3) is 6.86. The van der Waals surface area contributed by atoms with E-state index in [9.17, 15) is 21.6 Å². The monoisotopic (exact) mass is 627 g/mol. The van der Waals surface area contributed by atoms with Crippen LogP contribution in [0, 0.1) is 13.8 Å². The molecule has 0 fully saturated rings. The summed E-state index contributed by atoms with van der Waals surface area (Å²) in [5, 5.41) is 2.65. The molecule has 0 spiro atoms. The number of nitrogens with zero attached hydrogens (tertiary/aromatic N) is 1. The molecule has 0 saturated heterocycles. The van der Waals surface area contributed by atoms with Gasteiger partial charge in [-0.2, -0.15) is 0 Å². The summed E-state index contributed by atoms with van der Waals surface area (Å²) in [6.07, 6.45) is 0. The maximum absolute atomic E-state index is 13.4. The van der Waals surface area contributed by atoms with Crippen molar-refractivity contribution >= 4 is 58.9 Å². The molecule has 0 aliphatic rings. The van der Waals surface area contributed by atoms with E-state index in [1.54, 1.807) is 54.6 Å². The van der Waals surface area contributed by atoms with E-state index in [4.69, 9.17) is 0 Å². The largest absolute Gasteiger partial charge is 0.325 e. The van der Waals surface area contributed by atoms with Crippen molar-refractivity contribution in [3.8, 4) is 0 Å². The summed E-state index contributed by atoms with van der Waals surface area (Å²) in [4.78, 5) is 13.0. The van der Waals surface area contributed by atoms with Crippen LogP contribution in [0.1, 0.15) is 11.1 Å². The molecule has 0 unspecified atom stereocenters. The summed E-state index contributed by atoms with van der Waals surface area (Å²) in [5.41, 5.74) is 3.08. The Bertz CT molecular complexity index is 1710. The minimum absolute atomic E-state index is 0.0149. The van der Waals surface area contributed by atoms with Crippen molar-refractivity contribution in [1.82, 2.24) is 0 Å². The standard InChI is InChI=1S/C28H26BrN3O5S2/c1-20-11-12-24(17-21(20)2)31-38(34,35)26-15-13-23(14-16-26)30-28(33)19-32(25-8-6-7-22(29)18-25)39(36,37)27-9-4-3-5-10-27/h3-18,31H,19H2,1-2H3,(H,30,33). The molecule has 0 aliphatic heterocycles. The number of benzene rings is 4. The highest BCUT2D eigenvalue weighted by Crippen LogP contribution is 2.27. The summed E-state index contributed by atoms with van der Waals surface area (Å²) < 4.78 is 56.8. The van der Waals surface area contributed by atoms with Crippen LogP contribution in [-0.2, 0) is 24.8 Å². The molecule has 4 aromatic carbocycles. The number of rotatable bonds is 9. The molecule has 202 valence electrons. The van der Waals surface area contributed by atoms with Gasteiger partial charge in [0.1, 0.15) is 6.54 Å². The lowest BCUT2D eigenvalue weighted by Gasteiger charge is -2.24. The van der Waals surface area contributed by atoms with Gasteiger partial charge in [0.25, 0.3) is 20.0 Å². The zero-order valence-electron chi connectivity index (χ0n) is 21.1. The lowest BCUT2D eigenvalue weighted by Crippen LogP contribution is -2.38. The number of nitrogens with one attached hydrogen (secondary N) is 2. The quantitative estimate of drug-likeness (QED) is 0.247. The molecule has 0 saturated carbocycles. The van der Waals surface area contributed by atoms with Crippen LogP contribution in [0.5, 0.6) is 0 Å². The molecule has 0 bridgehead atoms. The Morgan fingerprint density at radius 1 is 0.744 bits per heavy atom. The molecular weight excluding hydrogens is 602 g/mol. The number of hydrogen-bond acceptors (Lipinski definition) is 5. The van der Waals surface area contributed by atoms with Crippen molar-refractivity contribution in [2.24, 2.45) is 0 Å². The summed E-state index contributed by atoms with van der Waals surface area (Å²) in [6.45, 7) is 3.34. The molecule has 1 amide bonds. The van der Waals surface area contributed by atoms with Crippen LogP contribution in [0.2, 0.25) is 0 Å². The Labute approximate surface area is 236 Å². The fourth-order valence-electron chi connectivity index (χ4n) is 3.73. The molecule has 0 radical (unpaired) electrons. The minimum atomic E-state index is -4.06. The maximum Gasteiger partial charge on any atom is 0.264 e. The number of carbonyl (C=O) groups is 1. The first-order chi connectivity index (χ1) is 18.5. The molecule has 0 atom stereocenters. The second kappa shape index (κ2) is 11.6. The number of aryl methyl sites for hydroxylation is 2. The second-order valence-electron chi connectivity index (χ2n) is 8.78. The van der Waals surface area contributed by atoms with Crippen molar-refractivity contribution < 1.29 is 21.6 Å². The Morgan fingerprint density at radius 3 is 2.05 bits per heavy atom. The molecule has 2 N–H and O–H groups in total. The van der Waals surface area contributed by atoms with Crippen LogP contribution >= 0.6 is 15.9 Å². The van der Waals surface area contributed by atoms with Crippen molar-refractivity contribution in [2.45, 2.75) is 23.6 Å². The fourth-order valence-corrected chi connectivity index (χ4v) is 6.60. The molecule has 4 aromatic rings. The lowest BCUT2D eigenvalue weighted by molar-refractivity contribution is -0.114. The van der Waals surface area contributed by atoms with E-state index in [2.05, 4.69) is 26.0 Å². The molecule has 4 rings (SSSR count). The SMILES string of the molecule is Cc1ccc(NS(=O)(=O)c2ccc(NC(=O)CN(c3cccc(Br)c3)S(=O)(=O)c3ccccc3)cc2)cc1C. The van der Waals surface area contributed by atoms with Gasteiger partial charge in [0.15, 0.2) is 0 Å². The van der Waals surface area contributed by atoms with Crippen LogP contribution in [0.4, 0.5) is 17.1 Å². The van der Waals surface area contributed by atoms with E-state index in [1.807, 2.05) is 19.9 Å². The van der Waals surface area contributed by atoms with Gasteiger partial charge in [-0.25, -0.2) is 16.8 Å². The normalized spacial score (nSPS) is 11.6. The number of carbonyl (C=O) groups excluding carboxylic acids is 1. The van der Waals surface area contributed by atoms with Crippen LogP contribution in [0.25, 0.3) is 0 Å².